The second-order valence-corrected chi connectivity index (χ2v) is 5.64. The van der Waals surface area contributed by atoms with E-state index in [1.807, 2.05) is 27.0 Å². The molecule has 0 aliphatic carbocycles. The number of H-pyrrole nitrogens is 1. The van der Waals surface area contributed by atoms with Gasteiger partial charge in [0.25, 0.3) is 5.56 Å². The molecule has 0 spiro atoms. The molecule has 102 valence electrons. The van der Waals surface area contributed by atoms with Gasteiger partial charge in [-0.15, -0.1) is 0 Å². The highest BCUT2D eigenvalue weighted by atomic mass is 32.2. The zero-order valence-corrected chi connectivity index (χ0v) is 12.0. The second-order valence-electron chi connectivity index (χ2n) is 4.56. The summed E-state index contributed by atoms with van der Waals surface area (Å²) < 4.78 is 0. The molecule has 0 bridgehead atoms. The van der Waals surface area contributed by atoms with Crippen molar-refractivity contribution in [2.75, 3.05) is 18.2 Å². The van der Waals surface area contributed by atoms with Gasteiger partial charge in [0, 0.05) is 23.3 Å². The van der Waals surface area contributed by atoms with Crippen molar-refractivity contribution in [3.05, 3.63) is 22.2 Å². The molecule has 2 atom stereocenters. The smallest absolute Gasteiger partial charge is 0.252 e. The minimum Gasteiger partial charge on any atom is -0.395 e. The topological polar surface area (TPSA) is 78.0 Å². The summed E-state index contributed by atoms with van der Waals surface area (Å²) in [5.41, 5.74) is -0.159. The Balaban J connectivity index is 2.87. The second kappa shape index (κ2) is 6.80. The molecule has 1 heterocycles. The number of thioether (sulfide) groups is 1. The van der Waals surface area contributed by atoms with Crippen molar-refractivity contribution in [3.8, 4) is 0 Å². The molecule has 0 aromatic carbocycles. The van der Waals surface area contributed by atoms with E-state index in [0.29, 0.717) is 11.6 Å². The van der Waals surface area contributed by atoms with Gasteiger partial charge in [-0.1, -0.05) is 13.8 Å². The summed E-state index contributed by atoms with van der Waals surface area (Å²) in [5, 5.41) is 12.5. The SMILES string of the molecule is CSC(CO)C(C)Nc1cc(=O)[nH]c(C(C)C)n1. The molecule has 0 saturated carbocycles. The lowest BCUT2D eigenvalue weighted by Gasteiger charge is -2.22. The number of aromatic nitrogens is 2. The fraction of sp³-hybridized carbons (Fsp3) is 0.667. The predicted octanol–water partition coefficient (Wildman–Crippen LogP) is 1.42. The van der Waals surface area contributed by atoms with Crippen molar-refractivity contribution in [3.63, 3.8) is 0 Å². The highest BCUT2D eigenvalue weighted by molar-refractivity contribution is 7.99. The van der Waals surface area contributed by atoms with Crippen LogP contribution in [0.25, 0.3) is 0 Å². The van der Waals surface area contributed by atoms with Crippen LogP contribution in [0.1, 0.15) is 32.5 Å². The zero-order chi connectivity index (χ0) is 13.7. The van der Waals surface area contributed by atoms with E-state index < -0.39 is 0 Å². The third-order valence-corrected chi connectivity index (χ3v) is 3.89. The monoisotopic (exact) mass is 271 g/mol. The number of nitrogens with one attached hydrogen (secondary N) is 2. The van der Waals surface area contributed by atoms with Crippen molar-refractivity contribution in [1.82, 2.24) is 9.97 Å². The number of hydrogen-bond donors (Lipinski definition) is 3. The molecule has 0 saturated heterocycles. The van der Waals surface area contributed by atoms with Gasteiger partial charge in [-0.3, -0.25) is 4.79 Å². The Hall–Kier alpha value is -1.01. The largest absolute Gasteiger partial charge is 0.395 e. The average molecular weight is 271 g/mol. The van der Waals surface area contributed by atoms with E-state index in [0.717, 1.165) is 0 Å². The van der Waals surface area contributed by atoms with Crippen LogP contribution in [-0.4, -0.2) is 39.2 Å². The highest BCUT2D eigenvalue weighted by Crippen LogP contribution is 2.15. The lowest BCUT2D eigenvalue weighted by Crippen LogP contribution is -2.32. The van der Waals surface area contributed by atoms with Gasteiger partial charge in [0.15, 0.2) is 0 Å². The summed E-state index contributed by atoms with van der Waals surface area (Å²) in [5.74, 6) is 1.40. The molecule has 0 fully saturated rings. The van der Waals surface area contributed by atoms with Gasteiger partial charge in [0.1, 0.15) is 11.6 Å². The van der Waals surface area contributed by atoms with E-state index in [4.69, 9.17) is 0 Å². The average Bonchev–Trinajstić information content (AvgIpc) is 2.29. The summed E-state index contributed by atoms with van der Waals surface area (Å²) in [6.45, 7) is 6.01. The van der Waals surface area contributed by atoms with Crippen molar-refractivity contribution in [2.45, 2.75) is 38.0 Å². The fourth-order valence-corrected chi connectivity index (χ4v) is 2.21. The molecular formula is C12H21N3O2S. The minimum absolute atomic E-state index is 0.0410. The van der Waals surface area contributed by atoms with Crippen LogP contribution in [0.15, 0.2) is 10.9 Å². The van der Waals surface area contributed by atoms with Gasteiger partial charge in [0.05, 0.1) is 6.61 Å². The van der Waals surface area contributed by atoms with Crippen LogP contribution in [0.2, 0.25) is 0 Å². The Kier molecular flexibility index (Phi) is 5.68. The van der Waals surface area contributed by atoms with Crippen LogP contribution < -0.4 is 10.9 Å². The van der Waals surface area contributed by atoms with Crippen LogP contribution in [0.3, 0.4) is 0 Å². The number of anilines is 1. The Labute approximate surface area is 111 Å². The zero-order valence-electron chi connectivity index (χ0n) is 11.2. The minimum atomic E-state index is -0.159. The quantitative estimate of drug-likeness (QED) is 0.729. The van der Waals surface area contributed by atoms with E-state index in [-0.39, 0.29) is 29.4 Å². The van der Waals surface area contributed by atoms with Crippen molar-refractivity contribution >= 4 is 17.6 Å². The molecular weight excluding hydrogens is 250 g/mol. The van der Waals surface area contributed by atoms with Crippen molar-refractivity contribution in [2.24, 2.45) is 0 Å². The molecule has 2 unspecified atom stereocenters. The Morgan fingerprint density at radius 1 is 1.50 bits per heavy atom. The van der Waals surface area contributed by atoms with Gasteiger partial charge < -0.3 is 15.4 Å². The van der Waals surface area contributed by atoms with E-state index in [1.165, 1.54) is 6.07 Å². The Morgan fingerprint density at radius 3 is 2.67 bits per heavy atom. The van der Waals surface area contributed by atoms with Crippen LogP contribution in [0, 0.1) is 0 Å². The van der Waals surface area contributed by atoms with Gasteiger partial charge in [-0.05, 0) is 13.2 Å². The van der Waals surface area contributed by atoms with E-state index in [1.54, 1.807) is 11.8 Å². The van der Waals surface area contributed by atoms with Gasteiger partial charge in [0.2, 0.25) is 0 Å². The Morgan fingerprint density at radius 2 is 2.17 bits per heavy atom. The highest BCUT2D eigenvalue weighted by Gasteiger charge is 2.16. The summed E-state index contributed by atoms with van der Waals surface area (Å²) in [6.07, 6.45) is 1.95. The van der Waals surface area contributed by atoms with E-state index in [2.05, 4.69) is 15.3 Å². The van der Waals surface area contributed by atoms with Crippen molar-refractivity contribution in [1.29, 1.82) is 0 Å². The summed E-state index contributed by atoms with van der Waals surface area (Å²) in [4.78, 5) is 18.6. The maximum atomic E-state index is 11.5. The molecule has 0 radical (unpaired) electrons. The Bertz CT molecular complexity index is 430. The molecule has 3 N–H and O–H groups in total. The first-order chi connectivity index (χ1) is 8.47. The first kappa shape index (κ1) is 15.0. The predicted molar refractivity (Wildman–Crippen MR) is 76.4 cm³/mol. The third-order valence-electron chi connectivity index (χ3n) is 2.72. The number of aliphatic hydroxyl groups is 1. The number of hydrogen-bond acceptors (Lipinski definition) is 5. The molecule has 5 nitrogen and oxygen atoms in total. The summed E-state index contributed by atoms with van der Waals surface area (Å²) >= 11 is 1.59. The number of aliphatic hydroxyl groups excluding tert-OH is 1. The third kappa shape index (κ3) is 4.03. The van der Waals surface area contributed by atoms with Crippen LogP contribution in [0.4, 0.5) is 5.82 Å². The van der Waals surface area contributed by atoms with E-state index in [9.17, 15) is 9.90 Å². The van der Waals surface area contributed by atoms with Gasteiger partial charge >= 0.3 is 0 Å². The van der Waals surface area contributed by atoms with Crippen LogP contribution >= 0.6 is 11.8 Å². The normalized spacial score (nSPS) is 14.6. The summed E-state index contributed by atoms with van der Waals surface area (Å²) in [6, 6.07) is 1.48. The molecule has 1 rings (SSSR count). The molecule has 18 heavy (non-hydrogen) atoms. The summed E-state index contributed by atoms with van der Waals surface area (Å²) in [7, 11) is 0. The number of rotatable bonds is 6. The van der Waals surface area contributed by atoms with Crippen LogP contribution in [0.5, 0.6) is 0 Å². The molecule has 0 aliphatic heterocycles. The van der Waals surface area contributed by atoms with Crippen LogP contribution in [-0.2, 0) is 0 Å². The first-order valence-electron chi connectivity index (χ1n) is 5.99. The maximum absolute atomic E-state index is 11.5. The maximum Gasteiger partial charge on any atom is 0.252 e. The molecule has 6 heteroatoms. The van der Waals surface area contributed by atoms with Gasteiger partial charge in [-0.2, -0.15) is 11.8 Å². The molecule has 1 aromatic rings. The number of aromatic amines is 1. The van der Waals surface area contributed by atoms with Crippen molar-refractivity contribution < 1.29 is 5.11 Å². The van der Waals surface area contributed by atoms with Gasteiger partial charge in [-0.25, -0.2) is 4.98 Å². The number of nitrogens with zero attached hydrogens (tertiary/aromatic N) is 1. The lowest BCUT2D eigenvalue weighted by atomic mass is 10.2. The standard InChI is InChI=1S/C12H21N3O2S/c1-7(2)12-14-10(5-11(17)15-12)13-8(3)9(6-16)18-4/h5,7-9,16H,6H2,1-4H3,(H2,13,14,15,17). The van der Waals surface area contributed by atoms with E-state index >= 15 is 0 Å². The molecule has 0 aliphatic rings. The first-order valence-corrected chi connectivity index (χ1v) is 7.28. The molecule has 0 amide bonds. The fourth-order valence-electron chi connectivity index (χ4n) is 1.59. The lowest BCUT2D eigenvalue weighted by molar-refractivity contribution is 0.288. The molecule has 1 aromatic heterocycles.